The number of hydrazone groups is 1. The lowest BCUT2D eigenvalue weighted by atomic mass is 10.1. The van der Waals surface area contributed by atoms with Crippen molar-refractivity contribution in [2.24, 2.45) is 5.10 Å². The Bertz CT molecular complexity index is 834. The highest BCUT2D eigenvalue weighted by atomic mass is 16.2. The van der Waals surface area contributed by atoms with Crippen LogP contribution in [0.15, 0.2) is 48.2 Å². The summed E-state index contributed by atoms with van der Waals surface area (Å²) in [6.45, 7) is 4.46. The summed E-state index contributed by atoms with van der Waals surface area (Å²) in [6.07, 6.45) is 11.2. The molecule has 126 valence electrons. The number of hydrogen-bond acceptors (Lipinski definition) is 6. The molecular formula is C17H17N7O. The number of nitrogens with zero attached hydrogens (tertiary/aromatic N) is 7. The van der Waals surface area contributed by atoms with Gasteiger partial charge in [0.05, 0.1) is 30.2 Å². The van der Waals surface area contributed by atoms with Gasteiger partial charge in [-0.15, -0.1) is 0 Å². The van der Waals surface area contributed by atoms with Crippen molar-refractivity contribution in [2.45, 2.75) is 31.8 Å². The van der Waals surface area contributed by atoms with Crippen molar-refractivity contribution in [1.29, 1.82) is 5.26 Å². The van der Waals surface area contributed by atoms with Gasteiger partial charge in [-0.25, -0.2) is 5.01 Å². The Morgan fingerprint density at radius 1 is 1.36 bits per heavy atom. The maximum Gasteiger partial charge on any atom is 0.243 e. The average Bonchev–Trinajstić information content (AvgIpc) is 3.29. The Balaban J connectivity index is 1.54. The van der Waals surface area contributed by atoms with Crippen molar-refractivity contribution < 1.29 is 4.79 Å². The van der Waals surface area contributed by atoms with Crippen molar-refractivity contribution in [1.82, 2.24) is 24.8 Å². The number of aromatic nitrogens is 4. The van der Waals surface area contributed by atoms with E-state index in [0.29, 0.717) is 31.4 Å². The van der Waals surface area contributed by atoms with E-state index in [1.54, 1.807) is 35.7 Å². The lowest BCUT2D eigenvalue weighted by molar-refractivity contribution is -0.133. The van der Waals surface area contributed by atoms with Gasteiger partial charge in [-0.2, -0.15) is 15.5 Å². The van der Waals surface area contributed by atoms with Crippen LogP contribution in [-0.2, 0) is 11.3 Å². The summed E-state index contributed by atoms with van der Waals surface area (Å²) in [5, 5.41) is 18.5. The largest absolute Gasteiger partial charge is 0.273 e. The monoisotopic (exact) mass is 335 g/mol. The molecule has 1 aliphatic heterocycles. The van der Waals surface area contributed by atoms with E-state index in [1.165, 1.54) is 11.2 Å². The molecule has 2 aromatic heterocycles. The van der Waals surface area contributed by atoms with Gasteiger partial charge in [0.2, 0.25) is 5.91 Å². The van der Waals surface area contributed by atoms with Crippen LogP contribution < -0.4 is 0 Å². The molecule has 0 spiro atoms. The van der Waals surface area contributed by atoms with Crippen molar-refractivity contribution in [3.63, 3.8) is 0 Å². The van der Waals surface area contributed by atoms with E-state index in [4.69, 9.17) is 5.26 Å². The lowest BCUT2D eigenvalue weighted by Gasteiger charge is -2.21. The highest BCUT2D eigenvalue weighted by Crippen LogP contribution is 2.27. The SMILES string of the molecule is C=C(CCC(=O)N1N=CCC1c1cnccn1)Cn1cc(C#N)cn1. The normalized spacial score (nSPS) is 16.0. The van der Waals surface area contributed by atoms with Gasteiger partial charge in [0.15, 0.2) is 0 Å². The van der Waals surface area contributed by atoms with Crippen LogP contribution >= 0.6 is 0 Å². The zero-order valence-electron chi connectivity index (χ0n) is 13.6. The number of amides is 1. The maximum absolute atomic E-state index is 12.5. The van der Waals surface area contributed by atoms with Crippen molar-refractivity contribution in [2.75, 3.05) is 0 Å². The number of hydrogen-bond donors (Lipinski definition) is 0. The van der Waals surface area contributed by atoms with E-state index in [9.17, 15) is 4.79 Å². The number of rotatable bonds is 6. The van der Waals surface area contributed by atoms with E-state index in [0.717, 1.165) is 11.3 Å². The topological polar surface area (TPSA) is 100 Å². The van der Waals surface area contributed by atoms with Crippen LogP contribution in [0, 0.1) is 11.3 Å². The fraction of sp³-hybridized carbons (Fsp3) is 0.294. The number of nitriles is 1. The summed E-state index contributed by atoms with van der Waals surface area (Å²) in [6, 6.07) is 1.83. The minimum absolute atomic E-state index is 0.0799. The van der Waals surface area contributed by atoms with Gasteiger partial charge in [0.25, 0.3) is 0 Å². The molecule has 1 unspecified atom stereocenters. The van der Waals surface area contributed by atoms with E-state index in [1.807, 2.05) is 6.07 Å². The van der Waals surface area contributed by atoms with Crippen LogP contribution in [0.1, 0.15) is 36.6 Å². The van der Waals surface area contributed by atoms with Crippen molar-refractivity contribution in [3.05, 3.63) is 54.4 Å². The zero-order valence-corrected chi connectivity index (χ0v) is 13.6. The summed E-state index contributed by atoms with van der Waals surface area (Å²) in [7, 11) is 0. The van der Waals surface area contributed by atoms with Crippen LogP contribution in [0.5, 0.6) is 0 Å². The van der Waals surface area contributed by atoms with Crippen LogP contribution in [0.3, 0.4) is 0 Å². The first-order valence-corrected chi connectivity index (χ1v) is 7.87. The van der Waals surface area contributed by atoms with Crippen molar-refractivity contribution in [3.8, 4) is 6.07 Å². The third-order valence-corrected chi connectivity index (χ3v) is 3.85. The molecule has 0 aromatic carbocycles. The molecule has 0 aliphatic carbocycles. The second kappa shape index (κ2) is 7.49. The van der Waals surface area contributed by atoms with Gasteiger partial charge in [-0.1, -0.05) is 12.2 Å². The molecule has 0 radical (unpaired) electrons. The molecule has 1 amide bonds. The van der Waals surface area contributed by atoms with E-state index < -0.39 is 0 Å². The number of carbonyl (C=O) groups is 1. The first-order valence-electron chi connectivity index (χ1n) is 7.87. The lowest BCUT2D eigenvalue weighted by Crippen LogP contribution is -2.27. The van der Waals surface area contributed by atoms with Gasteiger partial charge >= 0.3 is 0 Å². The smallest absolute Gasteiger partial charge is 0.243 e. The Morgan fingerprint density at radius 3 is 2.96 bits per heavy atom. The minimum Gasteiger partial charge on any atom is -0.273 e. The molecule has 8 nitrogen and oxygen atoms in total. The third kappa shape index (κ3) is 3.95. The van der Waals surface area contributed by atoms with Crippen LogP contribution in [-0.4, -0.2) is 36.9 Å². The molecule has 2 aromatic rings. The van der Waals surface area contributed by atoms with E-state index >= 15 is 0 Å². The highest BCUT2D eigenvalue weighted by Gasteiger charge is 2.28. The minimum atomic E-state index is -0.196. The fourth-order valence-electron chi connectivity index (χ4n) is 2.60. The summed E-state index contributed by atoms with van der Waals surface area (Å²) >= 11 is 0. The highest BCUT2D eigenvalue weighted by molar-refractivity contribution is 5.79. The maximum atomic E-state index is 12.5. The van der Waals surface area contributed by atoms with E-state index in [-0.39, 0.29) is 11.9 Å². The molecule has 0 saturated heterocycles. The first-order chi connectivity index (χ1) is 12.2. The second-order valence-corrected chi connectivity index (χ2v) is 5.71. The number of carbonyl (C=O) groups excluding carboxylic acids is 1. The molecule has 0 N–H and O–H groups in total. The molecular weight excluding hydrogens is 318 g/mol. The Morgan fingerprint density at radius 2 is 2.24 bits per heavy atom. The molecule has 8 heteroatoms. The molecule has 1 aliphatic rings. The third-order valence-electron chi connectivity index (χ3n) is 3.85. The second-order valence-electron chi connectivity index (χ2n) is 5.71. The van der Waals surface area contributed by atoms with Gasteiger partial charge in [-0.05, 0) is 6.42 Å². The van der Waals surface area contributed by atoms with Crippen molar-refractivity contribution >= 4 is 12.1 Å². The quantitative estimate of drug-likeness (QED) is 0.750. The number of allylic oxidation sites excluding steroid dienone is 1. The molecule has 3 rings (SSSR count). The summed E-state index contributed by atoms with van der Waals surface area (Å²) in [5.74, 6) is -0.0799. The molecule has 0 saturated carbocycles. The van der Waals surface area contributed by atoms with E-state index in [2.05, 4.69) is 26.7 Å². The Labute approximate surface area is 145 Å². The van der Waals surface area contributed by atoms with Crippen LogP contribution in [0.2, 0.25) is 0 Å². The molecule has 0 fully saturated rings. The zero-order chi connectivity index (χ0) is 17.6. The van der Waals surface area contributed by atoms with Gasteiger partial charge < -0.3 is 0 Å². The predicted molar refractivity (Wildman–Crippen MR) is 90.0 cm³/mol. The van der Waals surface area contributed by atoms with Gasteiger partial charge in [0, 0.05) is 37.6 Å². The molecule has 3 heterocycles. The standard InChI is InChI=1S/C17H17N7O/c1-13(11-23-12-14(8-18)9-22-23)2-3-17(25)24-16(4-5-21-24)15-10-19-6-7-20-15/h5-7,9-10,12,16H,1-4,11H2. The van der Waals surface area contributed by atoms with Gasteiger partial charge in [0.1, 0.15) is 12.1 Å². The average molecular weight is 335 g/mol. The summed E-state index contributed by atoms with van der Waals surface area (Å²) < 4.78 is 1.64. The Hall–Kier alpha value is -3.34. The van der Waals surface area contributed by atoms with Crippen LogP contribution in [0.25, 0.3) is 0 Å². The first kappa shape index (κ1) is 16.5. The fourth-order valence-corrected chi connectivity index (χ4v) is 2.60. The predicted octanol–water partition coefficient (Wildman–Crippen LogP) is 1.84. The summed E-state index contributed by atoms with van der Waals surface area (Å²) in [5.41, 5.74) is 2.09. The van der Waals surface area contributed by atoms with Gasteiger partial charge in [-0.3, -0.25) is 19.4 Å². The molecule has 25 heavy (non-hydrogen) atoms. The summed E-state index contributed by atoms with van der Waals surface area (Å²) in [4.78, 5) is 20.8. The molecule has 1 atom stereocenters. The molecule has 0 bridgehead atoms. The Kier molecular flexibility index (Phi) is 4.95. The van der Waals surface area contributed by atoms with Crippen LogP contribution in [0.4, 0.5) is 0 Å².